The van der Waals surface area contributed by atoms with Crippen LogP contribution in [0.15, 0.2) is 12.7 Å². The summed E-state index contributed by atoms with van der Waals surface area (Å²) in [5.41, 5.74) is 5.70. The van der Waals surface area contributed by atoms with E-state index in [1.54, 1.807) is 0 Å². The summed E-state index contributed by atoms with van der Waals surface area (Å²) >= 11 is 0. The quantitative estimate of drug-likeness (QED) is 0.0585. The first-order valence-corrected chi connectivity index (χ1v) is 16.6. The minimum absolute atomic E-state index is 0. The number of aliphatic hydroxyl groups excluding tert-OH is 2. The van der Waals surface area contributed by atoms with Crippen LogP contribution in [0, 0.1) is 0 Å². The maximum Gasteiger partial charge on any atom is 1.00 e. The van der Waals surface area contributed by atoms with Gasteiger partial charge in [0.25, 0.3) is 15.6 Å². The number of hydrogen-bond acceptors (Lipinski definition) is 19. The van der Waals surface area contributed by atoms with Crippen LogP contribution >= 0.6 is 23.5 Å². The molecule has 2 aromatic heterocycles. The van der Waals surface area contributed by atoms with Crippen molar-refractivity contribution in [1.82, 2.24) is 24.8 Å². The SMILES string of the molecule is NCCCCCCNC(=O)CNc1ncnc2c1ncn2C1OC(COP(=O)([O-])OP(=O)([O-])OP(=O)([O-])[O-])C(O)C1O.[Li+].[Li+].[Li+].[Li+]. The number of rotatable bonds is 17. The Balaban J connectivity index is 0. The summed E-state index contributed by atoms with van der Waals surface area (Å²) in [5, 5.41) is 26.4. The van der Waals surface area contributed by atoms with Gasteiger partial charge in [-0.05, 0) is 19.4 Å². The summed E-state index contributed by atoms with van der Waals surface area (Å²) in [6.07, 6.45) is -0.558. The molecule has 1 fully saturated rings. The number of imidazole rings is 1. The van der Waals surface area contributed by atoms with Crippen molar-refractivity contribution < 1.29 is 142 Å². The predicted octanol–water partition coefficient (Wildman–Crippen LogP) is -15.7. The number of carbonyl (C=O) groups excluding carboxylic acids is 1. The average Bonchev–Trinajstić information content (AvgIpc) is 3.42. The third kappa shape index (κ3) is 15.1. The summed E-state index contributed by atoms with van der Waals surface area (Å²) in [6, 6.07) is 0. The van der Waals surface area contributed by atoms with E-state index in [4.69, 9.17) is 10.5 Å². The van der Waals surface area contributed by atoms with Crippen molar-refractivity contribution >= 4 is 46.4 Å². The number of fused-ring (bicyclic) bond motifs is 1. The van der Waals surface area contributed by atoms with Crippen LogP contribution in [0.1, 0.15) is 31.9 Å². The first-order chi connectivity index (χ1) is 19.6. The maximum atomic E-state index is 12.2. The van der Waals surface area contributed by atoms with E-state index in [-0.39, 0.29) is 105 Å². The molecule has 1 aliphatic heterocycles. The molecule has 0 aromatic carbocycles. The Morgan fingerprint density at radius 2 is 1.61 bits per heavy atom. The molecule has 1 amide bonds. The second-order valence-corrected chi connectivity index (χ2v) is 13.0. The van der Waals surface area contributed by atoms with E-state index in [1.807, 2.05) is 0 Å². The van der Waals surface area contributed by atoms with Crippen LogP contribution in [0.4, 0.5) is 5.82 Å². The first-order valence-electron chi connectivity index (χ1n) is 12.2. The van der Waals surface area contributed by atoms with Gasteiger partial charge in [-0.3, -0.25) is 22.8 Å². The topological polar surface area (TPSA) is 332 Å². The van der Waals surface area contributed by atoms with Gasteiger partial charge in [-0.2, -0.15) is 0 Å². The Labute approximate surface area is 311 Å². The minimum Gasteiger partial charge on any atom is -0.790 e. The van der Waals surface area contributed by atoms with Crippen molar-refractivity contribution in [3.8, 4) is 0 Å². The number of amides is 1. The fraction of sp³-hybridized carbons (Fsp3) is 0.667. The fourth-order valence-electron chi connectivity index (χ4n) is 3.79. The van der Waals surface area contributed by atoms with E-state index in [1.165, 1.54) is 10.9 Å². The molecule has 28 heteroatoms. The Kier molecular flexibility index (Phi) is 22.8. The van der Waals surface area contributed by atoms with E-state index in [9.17, 15) is 48.3 Å². The molecule has 21 nitrogen and oxygen atoms in total. The number of aromatic nitrogens is 4. The molecule has 3 heterocycles. The summed E-state index contributed by atoms with van der Waals surface area (Å²) in [7, 11) is -18.2. The van der Waals surface area contributed by atoms with Crippen molar-refractivity contribution in [3.63, 3.8) is 0 Å². The van der Waals surface area contributed by atoms with Gasteiger partial charge in [0.2, 0.25) is 5.91 Å². The predicted molar refractivity (Wildman–Crippen MR) is 131 cm³/mol. The number of carbonyl (C=O) groups is 1. The van der Waals surface area contributed by atoms with Crippen molar-refractivity contribution in [2.45, 2.75) is 50.2 Å². The number of aliphatic hydroxyl groups is 2. The van der Waals surface area contributed by atoms with Crippen LogP contribution in [-0.4, -0.2) is 80.2 Å². The number of phosphoric acid groups is 3. The molecule has 0 bridgehead atoms. The minimum atomic E-state index is -6.18. The zero-order valence-electron chi connectivity index (χ0n) is 25.6. The molecule has 6 N–H and O–H groups in total. The average molecular weight is 687 g/mol. The normalized spacial score (nSPS) is 21.8. The molecule has 2 aromatic rings. The smallest absolute Gasteiger partial charge is 0.790 e. The van der Waals surface area contributed by atoms with Gasteiger partial charge in [-0.25, -0.2) is 19.3 Å². The zero-order chi connectivity index (χ0) is 31.1. The van der Waals surface area contributed by atoms with Crippen LogP contribution in [-0.2, 0) is 36.4 Å². The molecule has 0 radical (unpaired) electrons. The monoisotopic (exact) mass is 687 g/mol. The Bertz CT molecular complexity index is 1380. The number of phosphoric ester groups is 1. The third-order valence-corrected chi connectivity index (χ3v) is 9.30. The summed E-state index contributed by atoms with van der Waals surface area (Å²) in [4.78, 5) is 68.3. The van der Waals surface area contributed by atoms with E-state index >= 15 is 0 Å². The molecule has 3 rings (SSSR count). The van der Waals surface area contributed by atoms with Gasteiger partial charge in [0.05, 0.1) is 27.3 Å². The van der Waals surface area contributed by atoms with E-state index in [2.05, 4.69) is 38.7 Å². The fourth-order valence-corrected chi connectivity index (χ4v) is 6.65. The van der Waals surface area contributed by atoms with Gasteiger partial charge >= 0.3 is 75.4 Å². The maximum absolute atomic E-state index is 12.2. The standard InChI is InChI=1S/C18H32N7O14P3.4Li/c19-5-3-1-2-4-6-20-12(26)7-21-16-13-17(23-9-22-16)25(10-24-13)18-15(28)14(27)11(37-18)8-36-41(32,33)39-42(34,35)38-40(29,30)31;;;;/h9-11,14-15,18,27-28H,1-8,19H2,(H,20,26)(H,32,33)(H,34,35)(H,21,22,23)(H2,29,30,31);;;;/q;4*+1/p-4. The molecular formula is C18H28Li4N7O14P3. The van der Waals surface area contributed by atoms with Crippen LogP contribution in [0.3, 0.4) is 0 Å². The number of unbranched alkanes of at least 4 members (excludes halogenated alkanes) is 3. The van der Waals surface area contributed by atoms with Gasteiger partial charge in [0.1, 0.15) is 24.6 Å². The molecule has 238 valence electrons. The molecule has 6 unspecified atom stereocenters. The molecule has 46 heavy (non-hydrogen) atoms. The van der Waals surface area contributed by atoms with Gasteiger partial charge < -0.3 is 60.0 Å². The zero-order valence-corrected chi connectivity index (χ0v) is 28.3. The molecule has 6 atom stereocenters. The van der Waals surface area contributed by atoms with Crippen LogP contribution in [0.5, 0.6) is 0 Å². The van der Waals surface area contributed by atoms with Crippen molar-refractivity contribution in [2.24, 2.45) is 5.73 Å². The number of anilines is 1. The molecular weight excluding hydrogens is 659 g/mol. The second-order valence-electron chi connectivity index (χ2n) is 8.80. The number of nitrogens with two attached hydrogens (primary N) is 1. The van der Waals surface area contributed by atoms with Crippen LogP contribution < -0.4 is 111 Å². The van der Waals surface area contributed by atoms with E-state index in [0.29, 0.717) is 13.1 Å². The molecule has 0 saturated carbocycles. The number of nitrogens with one attached hydrogen (secondary N) is 2. The second kappa shape index (κ2) is 21.6. The van der Waals surface area contributed by atoms with Crippen molar-refractivity contribution in [2.75, 3.05) is 31.6 Å². The number of hydrogen-bond donors (Lipinski definition) is 5. The van der Waals surface area contributed by atoms with E-state index < -0.39 is 54.6 Å². The Hall–Kier alpha value is 0.460. The third-order valence-electron chi connectivity index (χ3n) is 5.64. The van der Waals surface area contributed by atoms with Gasteiger partial charge in [-0.1, -0.05) is 12.8 Å². The van der Waals surface area contributed by atoms with E-state index in [0.717, 1.165) is 32.0 Å². The van der Waals surface area contributed by atoms with Gasteiger partial charge in [0, 0.05) is 6.54 Å². The summed E-state index contributed by atoms with van der Waals surface area (Å²) < 4.78 is 51.0. The first kappa shape index (κ1) is 48.6. The summed E-state index contributed by atoms with van der Waals surface area (Å²) in [6.45, 7) is -0.141. The van der Waals surface area contributed by atoms with Crippen molar-refractivity contribution in [1.29, 1.82) is 0 Å². The molecule has 0 aliphatic carbocycles. The van der Waals surface area contributed by atoms with Crippen LogP contribution in [0.2, 0.25) is 0 Å². The molecule has 1 aliphatic rings. The van der Waals surface area contributed by atoms with Crippen molar-refractivity contribution in [3.05, 3.63) is 12.7 Å². The Morgan fingerprint density at radius 1 is 0.957 bits per heavy atom. The number of ether oxygens (including phenoxy) is 1. The summed E-state index contributed by atoms with van der Waals surface area (Å²) in [5.74, 6) is -0.130. The molecule has 0 spiro atoms. The van der Waals surface area contributed by atoms with Gasteiger partial charge in [0.15, 0.2) is 23.2 Å². The van der Waals surface area contributed by atoms with Crippen LogP contribution in [0.25, 0.3) is 11.2 Å². The Morgan fingerprint density at radius 3 is 2.24 bits per heavy atom. The largest absolute Gasteiger partial charge is 1.00 e. The van der Waals surface area contributed by atoms with Gasteiger partial charge in [-0.15, -0.1) is 0 Å². The molecule has 1 saturated heterocycles. The number of nitrogens with zero attached hydrogens (tertiary/aromatic N) is 4.